The van der Waals surface area contributed by atoms with E-state index in [4.69, 9.17) is 10.5 Å². The molecule has 0 aromatic carbocycles. The van der Waals surface area contributed by atoms with Gasteiger partial charge in [-0.15, -0.1) is 0 Å². The summed E-state index contributed by atoms with van der Waals surface area (Å²) in [5.41, 5.74) is 5.90. The number of ether oxygens (including phenoxy) is 1. The molecule has 0 aromatic heterocycles. The van der Waals surface area contributed by atoms with Crippen LogP contribution < -0.4 is 5.73 Å². The molecule has 94 valence electrons. The molecule has 0 bridgehead atoms. The molecule has 2 rings (SSSR count). The Morgan fingerprint density at radius 3 is 2.38 bits per heavy atom. The average molecular weight is 227 g/mol. The van der Waals surface area contributed by atoms with Gasteiger partial charge in [0, 0.05) is 38.8 Å². The maximum Gasteiger partial charge on any atom is 0.0593 e. The molecular weight excluding hydrogens is 202 g/mol. The Hall–Kier alpha value is -0.160. The van der Waals surface area contributed by atoms with Crippen molar-refractivity contribution in [2.45, 2.75) is 25.3 Å². The Labute approximate surface area is 98.7 Å². The maximum absolute atomic E-state index is 5.90. The van der Waals surface area contributed by atoms with Gasteiger partial charge in [-0.05, 0) is 32.4 Å². The minimum Gasteiger partial charge on any atom is -0.380 e. The predicted molar refractivity (Wildman–Crippen MR) is 65.5 cm³/mol. The molecule has 0 saturated carbocycles. The molecule has 2 aliphatic heterocycles. The minimum atomic E-state index is 0.447. The summed E-state index contributed by atoms with van der Waals surface area (Å²) in [7, 11) is 0. The molecule has 16 heavy (non-hydrogen) atoms. The summed E-state index contributed by atoms with van der Waals surface area (Å²) in [6, 6.07) is 0.447. The predicted octanol–water partition coefficient (Wildman–Crippen LogP) is 0.132. The van der Waals surface area contributed by atoms with Crippen molar-refractivity contribution >= 4 is 0 Å². The monoisotopic (exact) mass is 227 g/mol. The summed E-state index contributed by atoms with van der Waals surface area (Å²) >= 11 is 0. The van der Waals surface area contributed by atoms with E-state index in [1.54, 1.807) is 0 Å². The Morgan fingerprint density at radius 2 is 1.62 bits per heavy atom. The van der Waals surface area contributed by atoms with E-state index in [1.165, 1.54) is 52.0 Å². The summed E-state index contributed by atoms with van der Waals surface area (Å²) in [5.74, 6) is 0. The van der Waals surface area contributed by atoms with Gasteiger partial charge in [0.05, 0.1) is 6.61 Å². The van der Waals surface area contributed by atoms with Crippen molar-refractivity contribution in [2.24, 2.45) is 5.73 Å². The fourth-order valence-corrected chi connectivity index (χ4v) is 2.48. The standard InChI is InChI=1S/C12H25N3O/c13-12-2-5-15(6-3-12)8-7-14-4-1-10-16-11-9-14/h12H,1-11,13H2. The number of nitrogens with two attached hydrogens (primary N) is 1. The topological polar surface area (TPSA) is 41.7 Å². The largest absolute Gasteiger partial charge is 0.380 e. The summed E-state index contributed by atoms with van der Waals surface area (Å²) in [6.45, 7) is 8.92. The zero-order valence-electron chi connectivity index (χ0n) is 10.2. The van der Waals surface area contributed by atoms with Crippen LogP contribution in [0.4, 0.5) is 0 Å². The van der Waals surface area contributed by atoms with E-state index < -0.39 is 0 Å². The first-order valence-electron chi connectivity index (χ1n) is 6.62. The van der Waals surface area contributed by atoms with Crippen LogP contribution in [-0.4, -0.2) is 68.3 Å². The van der Waals surface area contributed by atoms with Crippen LogP contribution in [0, 0.1) is 0 Å². The van der Waals surface area contributed by atoms with Gasteiger partial charge in [-0.25, -0.2) is 0 Å². The van der Waals surface area contributed by atoms with E-state index in [0.717, 1.165) is 19.8 Å². The fraction of sp³-hybridized carbons (Fsp3) is 1.00. The second kappa shape index (κ2) is 6.55. The van der Waals surface area contributed by atoms with Crippen LogP contribution >= 0.6 is 0 Å². The first-order chi connectivity index (χ1) is 7.84. The van der Waals surface area contributed by atoms with Gasteiger partial charge in [0.25, 0.3) is 0 Å². The molecule has 0 aromatic rings. The SMILES string of the molecule is NC1CCN(CCN2CCCOCC2)CC1. The fourth-order valence-electron chi connectivity index (χ4n) is 2.48. The molecule has 4 heteroatoms. The van der Waals surface area contributed by atoms with Crippen molar-refractivity contribution in [1.29, 1.82) is 0 Å². The number of likely N-dealkylation sites (tertiary alicyclic amines) is 1. The Bertz CT molecular complexity index is 185. The maximum atomic E-state index is 5.90. The zero-order chi connectivity index (χ0) is 11.2. The molecule has 2 heterocycles. The van der Waals surface area contributed by atoms with Crippen LogP contribution in [-0.2, 0) is 4.74 Å². The van der Waals surface area contributed by atoms with Crippen LogP contribution in [0.25, 0.3) is 0 Å². The first kappa shape index (κ1) is 12.3. The van der Waals surface area contributed by atoms with E-state index in [1.807, 2.05) is 0 Å². The van der Waals surface area contributed by atoms with Gasteiger partial charge in [-0.3, -0.25) is 4.90 Å². The van der Waals surface area contributed by atoms with Crippen LogP contribution in [0.15, 0.2) is 0 Å². The lowest BCUT2D eigenvalue weighted by Crippen LogP contribution is -2.43. The number of rotatable bonds is 3. The van der Waals surface area contributed by atoms with Gasteiger partial charge in [0.15, 0.2) is 0 Å². The Kier molecular flexibility index (Phi) is 5.03. The normalized spacial score (nSPS) is 26.8. The molecule has 0 amide bonds. The van der Waals surface area contributed by atoms with Gasteiger partial charge < -0.3 is 15.4 Å². The van der Waals surface area contributed by atoms with Gasteiger partial charge in [-0.1, -0.05) is 0 Å². The van der Waals surface area contributed by atoms with Crippen molar-refractivity contribution in [1.82, 2.24) is 9.80 Å². The number of hydrogen-bond acceptors (Lipinski definition) is 4. The van der Waals surface area contributed by atoms with Gasteiger partial charge in [0.2, 0.25) is 0 Å². The van der Waals surface area contributed by atoms with Crippen molar-refractivity contribution in [3.05, 3.63) is 0 Å². The van der Waals surface area contributed by atoms with Crippen molar-refractivity contribution in [3.63, 3.8) is 0 Å². The molecule has 2 fully saturated rings. The van der Waals surface area contributed by atoms with Gasteiger partial charge in [-0.2, -0.15) is 0 Å². The molecule has 0 radical (unpaired) electrons. The first-order valence-corrected chi connectivity index (χ1v) is 6.62. The highest BCUT2D eigenvalue weighted by atomic mass is 16.5. The zero-order valence-corrected chi connectivity index (χ0v) is 10.2. The van der Waals surface area contributed by atoms with Crippen LogP contribution in [0.3, 0.4) is 0 Å². The molecule has 0 aliphatic carbocycles. The number of nitrogens with zero attached hydrogens (tertiary/aromatic N) is 2. The third kappa shape index (κ3) is 4.01. The lowest BCUT2D eigenvalue weighted by atomic mass is 10.1. The van der Waals surface area contributed by atoms with Crippen LogP contribution in [0.1, 0.15) is 19.3 Å². The summed E-state index contributed by atoms with van der Waals surface area (Å²) in [6.07, 6.45) is 3.52. The van der Waals surface area contributed by atoms with E-state index in [2.05, 4.69) is 9.80 Å². The molecule has 2 saturated heterocycles. The van der Waals surface area contributed by atoms with Crippen LogP contribution in [0.5, 0.6) is 0 Å². The molecular formula is C12H25N3O. The van der Waals surface area contributed by atoms with Crippen molar-refractivity contribution in [2.75, 3.05) is 52.5 Å². The summed E-state index contributed by atoms with van der Waals surface area (Å²) in [5, 5.41) is 0. The molecule has 2 N–H and O–H groups in total. The third-order valence-corrected chi connectivity index (χ3v) is 3.68. The average Bonchev–Trinajstić information content (AvgIpc) is 2.57. The van der Waals surface area contributed by atoms with Gasteiger partial charge >= 0.3 is 0 Å². The molecule has 4 nitrogen and oxygen atoms in total. The second-order valence-electron chi connectivity index (χ2n) is 4.99. The smallest absolute Gasteiger partial charge is 0.0593 e. The number of hydrogen-bond donors (Lipinski definition) is 1. The minimum absolute atomic E-state index is 0.447. The molecule has 0 atom stereocenters. The van der Waals surface area contributed by atoms with E-state index in [-0.39, 0.29) is 0 Å². The molecule has 0 spiro atoms. The Morgan fingerprint density at radius 1 is 0.938 bits per heavy atom. The summed E-state index contributed by atoms with van der Waals surface area (Å²) < 4.78 is 5.46. The van der Waals surface area contributed by atoms with E-state index in [9.17, 15) is 0 Å². The highest BCUT2D eigenvalue weighted by Gasteiger charge is 2.16. The van der Waals surface area contributed by atoms with E-state index >= 15 is 0 Å². The quantitative estimate of drug-likeness (QED) is 0.744. The summed E-state index contributed by atoms with van der Waals surface area (Å²) in [4.78, 5) is 5.08. The third-order valence-electron chi connectivity index (χ3n) is 3.68. The highest BCUT2D eigenvalue weighted by Crippen LogP contribution is 2.08. The molecule has 0 unspecified atom stereocenters. The van der Waals surface area contributed by atoms with Crippen molar-refractivity contribution < 1.29 is 4.74 Å². The lowest BCUT2D eigenvalue weighted by Gasteiger charge is -2.31. The Balaban J connectivity index is 1.62. The lowest BCUT2D eigenvalue weighted by molar-refractivity contribution is 0.135. The van der Waals surface area contributed by atoms with Crippen molar-refractivity contribution in [3.8, 4) is 0 Å². The van der Waals surface area contributed by atoms with Gasteiger partial charge in [0.1, 0.15) is 0 Å². The highest BCUT2D eigenvalue weighted by molar-refractivity contribution is 4.75. The molecule has 2 aliphatic rings. The van der Waals surface area contributed by atoms with Crippen LogP contribution in [0.2, 0.25) is 0 Å². The van der Waals surface area contributed by atoms with E-state index in [0.29, 0.717) is 6.04 Å². The second-order valence-corrected chi connectivity index (χ2v) is 4.99. The number of piperidine rings is 1.